The van der Waals surface area contributed by atoms with E-state index in [1.807, 2.05) is 33.8 Å². The van der Waals surface area contributed by atoms with E-state index in [-0.39, 0.29) is 16.1 Å². The SMILES string of the molecule is CCCCc1c(C(C)c2ccc(C)c(F)c2F)[nH]c2cc(F)c(Cl)cc12.C[C-]=CC(C)=N/C(C)=C/CC.[F][U]([F])[F]. The van der Waals surface area contributed by atoms with Crippen LogP contribution in [0.3, 0.4) is 0 Å². The zero-order valence-electron chi connectivity index (χ0n) is 24.5. The molecule has 2 aromatic carbocycles. The number of allylic oxidation sites excluding steroid dienone is 4. The number of halogens is 7. The first-order chi connectivity index (χ1) is 19.3. The summed E-state index contributed by atoms with van der Waals surface area (Å²) in [6, 6.07) is 6.15. The molecule has 0 spiro atoms. The normalized spacial score (nSPS) is 12.6. The van der Waals surface area contributed by atoms with Crippen LogP contribution in [0.5, 0.6) is 0 Å². The van der Waals surface area contributed by atoms with Gasteiger partial charge in [-0.2, -0.15) is 0 Å². The van der Waals surface area contributed by atoms with Gasteiger partial charge in [-0.05, 0) is 61.9 Å². The second kappa shape index (κ2) is 18.6. The van der Waals surface area contributed by atoms with Crippen LogP contribution in [0.2, 0.25) is 5.02 Å². The maximum absolute atomic E-state index is 14.5. The van der Waals surface area contributed by atoms with E-state index in [0.717, 1.165) is 53.7 Å². The molecule has 2 nitrogen and oxygen atoms in total. The number of aryl methyl sites for hydroxylation is 2. The van der Waals surface area contributed by atoms with Crippen LogP contribution in [-0.2, 0) is 6.42 Å². The fourth-order valence-corrected chi connectivity index (χ4v) is 4.43. The molecule has 10 heteroatoms. The van der Waals surface area contributed by atoms with E-state index < -0.39 is 51.5 Å². The third-order valence-electron chi connectivity index (χ3n) is 6.17. The van der Waals surface area contributed by atoms with Gasteiger partial charge in [0, 0.05) is 28.2 Å². The van der Waals surface area contributed by atoms with Gasteiger partial charge >= 0.3 is 34.4 Å². The molecule has 0 aliphatic rings. The molecule has 0 aliphatic carbocycles. The van der Waals surface area contributed by atoms with Crippen LogP contribution in [0.1, 0.15) is 89.1 Å². The number of hydrogen-bond acceptors (Lipinski definition) is 1. The fraction of sp³-hybridized carbons (Fsp3) is 0.387. The molecule has 1 unspecified atom stereocenters. The van der Waals surface area contributed by atoms with Crippen molar-refractivity contribution in [2.75, 3.05) is 0 Å². The van der Waals surface area contributed by atoms with Gasteiger partial charge in [0.1, 0.15) is 5.82 Å². The van der Waals surface area contributed by atoms with Crippen molar-refractivity contribution in [1.29, 1.82) is 0 Å². The summed E-state index contributed by atoms with van der Waals surface area (Å²) < 4.78 is 72.1. The molecular weight excluding hydrogens is 788 g/mol. The number of H-pyrrole nitrogens is 1. The van der Waals surface area contributed by atoms with Gasteiger partial charge in [-0.1, -0.05) is 63.9 Å². The quantitative estimate of drug-likeness (QED) is 0.133. The molecule has 225 valence electrons. The van der Waals surface area contributed by atoms with Crippen molar-refractivity contribution in [2.24, 2.45) is 4.99 Å². The average Bonchev–Trinajstić information content (AvgIpc) is 3.23. The first-order valence-electron chi connectivity index (χ1n) is 13.3. The van der Waals surface area contributed by atoms with Crippen LogP contribution in [0.25, 0.3) is 10.9 Å². The number of hydrogen-bond donors (Lipinski definition) is 1. The van der Waals surface area contributed by atoms with Gasteiger partial charge in [0.15, 0.2) is 11.6 Å². The van der Waals surface area contributed by atoms with Gasteiger partial charge in [-0.15, -0.1) is 12.6 Å². The summed E-state index contributed by atoms with van der Waals surface area (Å²) in [6.45, 7) is 13.4. The number of aromatic nitrogens is 1. The van der Waals surface area contributed by atoms with Crippen LogP contribution in [-0.4, -0.2) is 10.7 Å². The Balaban J connectivity index is 0.000000468. The van der Waals surface area contributed by atoms with E-state index in [2.05, 4.69) is 36.0 Å². The second-order valence-electron chi connectivity index (χ2n) is 9.41. The van der Waals surface area contributed by atoms with Gasteiger partial charge in [0.2, 0.25) is 0 Å². The monoisotopic (exact) mass is 824 g/mol. The van der Waals surface area contributed by atoms with Crippen molar-refractivity contribution in [3.63, 3.8) is 0 Å². The van der Waals surface area contributed by atoms with Crippen molar-refractivity contribution in [3.05, 3.63) is 93.0 Å². The number of rotatable bonds is 8. The Bertz CT molecular complexity index is 1360. The zero-order valence-corrected chi connectivity index (χ0v) is 29.4. The van der Waals surface area contributed by atoms with Gasteiger partial charge in [-0.3, -0.25) is 6.08 Å². The first kappa shape index (κ1) is 37.1. The molecule has 0 saturated carbocycles. The predicted molar refractivity (Wildman–Crippen MR) is 154 cm³/mol. The number of aliphatic imine (C=N–C) groups is 1. The number of fused-ring (bicyclic) bond motifs is 1. The molecule has 1 N–H and O–H groups in total. The molecule has 1 atom stereocenters. The molecule has 0 fully saturated rings. The van der Waals surface area contributed by atoms with E-state index in [1.165, 1.54) is 13.0 Å². The first-order valence-corrected chi connectivity index (χ1v) is 18.4. The average molecular weight is 825 g/mol. The standard InChI is InChI=1S/C21H21ClF3N.C10H16N.3FH.U/c1-4-5-6-14-15-9-16(22)17(23)10-18(15)26-21(14)12(3)13-8-7-11(2)19(24)20(13)25;1-5-7-9(3)11-10(4)8-6-2;;;;/h7-10,12,26H,4-6H2,1-3H3;7-8H,5H2,1-4H3;3*1H;/q;-1;;;;+3/p-3/b;9-7+,11-10?;;;;. The van der Waals surface area contributed by atoms with Crippen LogP contribution < -0.4 is 0 Å². The number of benzene rings is 2. The van der Waals surface area contributed by atoms with E-state index in [1.54, 1.807) is 18.2 Å². The number of aromatic amines is 1. The van der Waals surface area contributed by atoms with Crippen molar-refractivity contribution < 1.29 is 47.6 Å². The predicted octanol–water partition coefficient (Wildman–Crippen LogP) is 11.4. The molecule has 3 rings (SSSR count). The van der Waals surface area contributed by atoms with Crippen molar-refractivity contribution in [1.82, 2.24) is 4.98 Å². The number of nitrogens with zero attached hydrogens (tertiary/aromatic N) is 1. The molecule has 1 heterocycles. The Morgan fingerprint density at radius 3 is 2.29 bits per heavy atom. The molecule has 0 aliphatic heterocycles. The van der Waals surface area contributed by atoms with Crippen molar-refractivity contribution >= 4 is 28.2 Å². The molecule has 0 amide bonds. The summed E-state index contributed by atoms with van der Waals surface area (Å²) in [4.78, 5) is 7.53. The van der Waals surface area contributed by atoms with Gasteiger partial charge < -0.3 is 9.98 Å². The summed E-state index contributed by atoms with van der Waals surface area (Å²) in [6.07, 6.45) is 10.6. The molecular formula is C31H37ClF6N2U-. The molecule has 0 saturated heterocycles. The topological polar surface area (TPSA) is 28.1 Å². The third-order valence-corrected chi connectivity index (χ3v) is 6.46. The van der Waals surface area contributed by atoms with E-state index in [0.29, 0.717) is 5.52 Å². The van der Waals surface area contributed by atoms with Crippen LogP contribution in [0.15, 0.2) is 47.1 Å². The minimum atomic E-state index is -5.23. The maximum atomic E-state index is 14.5. The van der Waals surface area contributed by atoms with Crippen molar-refractivity contribution in [2.45, 2.75) is 80.1 Å². The fourth-order valence-electron chi connectivity index (χ4n) is 4.27. The van der Waals surface area contributed by atoms with E-state index >= 15 is 0 Å². The Labute approximate surface area is 257 Å². The summed E-state index contributed by atoms with van der Waals surface area (Å²) in [5.41, 5.74) is 5.02. The van der Waals surface area contributed by atoms with Crippen LogP contribution >= 0.6 is 11.6 Å². The van der Waals surface area contributed by atoms with Crippen LogP contribution in [0, 0.1) is 58.5 Å². The Kier molecular flexibility index (Phi) is 16.8. The number of nitrogens with one attached hydrogen (secondary N) is 1. The minimum absolute atomic E-state index is 0.0565. The second-order valence-corrected chi connectivity index (χ2v) is 11.6. The summed E-state index contributed by atoms with van der Waals surface area (Å²) in [5.74, 6) is -2.56. The van der Waals surface area contributed by atoms with E-state index in [9.17, 15) is 19.5 Å². The van der Waals surface area contributed by atoms with Crippen LogP contribution in [0.4, 0.5) is 19.5 Å². The van der Waals surface area contributed by atoms with E-state index in [4.69, 9.17) is 11.6 Å². The Hall–Kier alpha value is -1.95. The number of unbranched alkanes of at least 4 members (excludes halogenated alkanes) is 1. The molecule has 0 radical (unpaired) electrons. The summed E-state index contributed by atoms with van der Waals surface area (Å²) >= 11 is 0.738. The molecule has 1 aromatic heterocycles. The summed E-state index contributed by atoms with van der Waals surface area (Å²) in [5, 5.41) is 0.890. The third kappa shape index (κ3) is 11.7. The van der Waals surface area contributed by atoms with Gasteiger partial charge in [-0.25, -0.2) is 19.2 Å². The Morgan fingerprint density at radius 1 is 1.10 bits per heavy atom. The van der Waals surface area contributed by atoms with Gasteiger partial charge in [0.25, 0.3) is 0 Å². The Morgan fingerprint density at radius 2 is 1.73 bits per heavy atom. The summed E-state index contributed by atoms with van der Waals surface area (Å²) in [7, 11) is 0. The molecule has 41 heavy (non-hydrogen) atoms. The zero-order chi connectivity index (χ0) is 31.3. The molecule has 3 aromatic rings. The van der Waals surface area contributed by atoms with Crippen molar-refractivity contribution in [3.8, 4) is 0 Å². The van der Waals surface area contributed by atoms with Gasteiger partial charge in [0.05, 0.1) is 5.02 Å². The molecule has 0 bridgehead atoms.